The Morgan fingerprint density at radius 1 is 1.33 bits per heavy atom. The number of nitrogens with zero attached hydrogens (tertiary/aromatic N) is 3. The topological polar surface area (TPSA) is 84.3 Å². The zero-order valence-corrected chi connectivity index (χ0v) is 16.0. The first-order chi connectivity index (χ1) is 12.9. The second-order valence-corrected chi connectivity index (χ2v) is 8.47. The van der Waals surface area contributed by atoms with Crippen molar-refractivity contribution in [2.45, 2.75) is 37.9 Å². The van der Waals surface area contributed by atoms with Gasteiger partial charge in [-0.15, -0.1) is 0 Å². The lowest BCUT2D eigenvalue weighted by Crippen LogP contribution is -2.45. The lowest BCUT2D eigenvalue weighted by molar-refractivity contribution is -0.126. The van der Waals surface area contributed by atoms with Gasteiger partial charge in [0.1, 0.15) is 5.82 Å². The molecule has 1 N–H and O–H groups in total. The Kier molecular flexibility index (Phi) is 5.91. The molecule has 1 aromatic carbocycles. The Bertz CT molecular complexity index is 896. The van der Waals surface area contributed by atoms with Crippen molar-refractivity contribution < 1.29 is 17.6 Å². The molecule has 1 fully saturated rings. The average molecular weight is 394 g/mol. The number of carbonyl (C=O) groups excluding carboxylic acids is 1. The van der Waals surface area contributed by atoms with Crippen LogP contribution in [0.3, 0.4) is 0 Å². The summed E-state index contributed by atoms with van der Waals surface area (Å²) in [5.74, 6) is -0.940. The van der Waals surface area contributed by atoms with Gasteiger partial charge in [0.05, 0.1) is 12.2 Å². The lowest BCUT2D eigenvalue weighted by atomic mass is 9.99. The van der Waals surface area contributed by atoms with E-state index in [1.165, 1.54) is 29.0 Å². The fourth-order valence-corrected chi connectivity index (χ4v) is 4.55. The van der Waals surface area contributed by atoms with Gasteiger partial charge in [-0.1, -0.05) is 12.1 Å². The van der Waals surface area contributed by atoms with Gasteiger partial charge >= 0.3 is 0 Å². The van der Waals surface area contributed by atoms with E-state index in [2.05, 4.69) is 10.3 Å². The molecule has 3 rings (SSSR count). The quantitative estimate of drug-likeness (QED) is 0.809. The average Bonchev–Trinajstić information content (AvgIpc) is 3.17. The van der Waals surface area contributed by atoms with Crippen molar-refractivity contribution in [1.82, 2.24) is 19.2 Å². The minimum Gasteiger partial charge on any atom is -0.352 e. The van der Waals surface area contributed by atoms with E-state index < -0.39 is 15.9 Å². The van der Waals surface area contributed by atoms with E-state index in [0.717, 1.165) is 5.56 Å². The van der Waals surface area contributed by atoms with Crippen molar-refractivity contribution in [1.29, 1.82) is 0 Å². The molecule has 7 nitrogen and oxygen atoms in total. The maximum Gasteiger partial charge on any atom is 0.262 e. The van der Waals surface area contributed by atoms with E-state index in [4.69, 9.17) is 0 Å². The highest BCUT2D eigenvalue weighted by Gasteiger charge is 2.34. The molecular formula is C18H23FN4O3S. The Hall–Kier alpha value is -2.26. The van der Waals surface area contributed by atoms with E-state index in [9.17, 15) is 17.6 Å². The predicted molar refractivity (Wildman–Crippen MR) is 97.6 cm³/mol. The molecule has 2 heterocycles. The third-order valence-electron chi connectivity index (χ3n) is 4.71. The van der Waals surface area contributed by atoms with Gasteiger partial charge in [0.2, 0.25) is 5.91 Å². The molecule has 0 radical (unpaired) electrons. The van der Waals surface area contributed by atoms with Crippen LogP contribution < -0.4 is 5.32 Å². The number of imidazole rings is 1. The van der Waals surface area contributed by atoms with Gasteiger partial charge in [-0.2, -0.15) is 4.31 Å². The van der Waals surface area contributed by atoms with Crippen molar-refractivity contribution in [3.05, 3.63) is 48.2 Å². The molecule has 0 bridgehead atoms. The highest BCUT2D eigenvalue weighted by molar-refractivity contribution is 7.89. The molecule has 1 aromatic heterocycles. The largest absolute Gasteiger partial charge is 0.352 e. The number of sulfonamides is 1. The van der Waals surface area contributed by atoms with Gasteiger partial charge < -0.3 is 9.88 Å². The van der Waals surface area contributed by atoms with Crippen molar-refractivity contribution in [3.63, 3.8) is 0 Å². The highest BCUT2D eigenvalue weighted by atomic mass is 32.2. The molecule has 146 valence electrons. The van der Waals surface area contributed by atoms with Gasteiger partial charge in [-0.3, -0.25) is 4.79 Å². The molecular weight excluding hydrogens is 371 g/mol. The molecule has 1 atom stereocenters. The number of piperidine rings is 1. The van der Waals surface area contributed by atoms with Gasteiger partial charge in [0.15, 0.2) is 5.03 Å². The van der Waals surface area contributed by atoms with Crippen LogP contribution in [0, 0.1) is 11.7 Å². The van der Waals surface area contributed by atoms with Gasteiger partial charge in [-0.05, 0) is 37.5 Å². The predicted octanol–water partition coefficient (Wildman–Crippen LogP) is 1.76. The minimum absolute atomic E-state index is 0.0109. The molecule has 1 amide bonds. The third kappa shape index (κ3) is 4.54. The normalized spacial score (nSPS) is 18.4. The number of nitrogens with one attached hydrogen (secondary N) is 1. The van der Waals surface area contributed by atoms with Crippen LogP contribution >= 0.6 is 0 Å². The number of aryl methyl sites for hydroxylation is 1. The summed E-state index contributed by atoms with van der Waals surface area (Å²) in [6.07, 6.45) is 4.24. The van der Waals surface area contributed by atoms with Crippen LogP contribution in [-0.2, 0) is 27.9 Å². The van der Waals surface area contributed by atoms with Crippen LogP contribution in [0.2, 0.25) is 0 Å². The first-order valence-corrected chi connectivity index (χ1v) is 10.4. The number of benzene rings is 1. The molecule has 1 saturated heterocycles. The fraction of sp³-hybridized carbons (Fsp3) is 0.444. The molecule has 0 saturated carbocycles. The van der Waals surface area contributed by atoms with Crippen LogP contribution in [0.4, 0.5) is 4.39 Å². The van der Waals surface area contributed by atoms with Gasteiger partial charge in [0.25, 0.3) is 10.0 Å². The first kappa shape index (κ1) is 19.5. The second-order valence-electron chi connectivity index (χ2n) is 6.59. The number of rotatable bonds is 6. The second kappa shape index (κ2) is 8.18. The Labute approximate surface area is 158 Å². The van der Waals surface area contributed by atoms with Gasteiger partial charge in [-0.25, -0.2) is 17.8 Å². The highest BCUT2D eigenvalue weighted by Crippen LogP contribution is 2.23. The maximum absolute atomic E-state index is 12.9. The Morgan fingerprint density at radius 3 is 2.74 bits per heavy atom. The summed E-state index contributed by atoms with van der Waals surface area (Å²) >= 11 is 0. The monoisotopic (exact) mass is 394 g/mol. The van der Waals surface area contributed by atoms with Crippen LogP contribution in [0.25, 0.3) is 0 Å². The van der Waals surface area contributed by atoms with Crippen molar-refractivity contribution in [2.75, 3.05) is 13.1 Å². The third-order valence-corrected chi connectivity index (χ3v) is 6.46. The number of carbonyl (C=O) groups is 1. The summed E-state index contributed by atoms with van der Waals surface area (Å²) in [7, 11) is -3.71. The number of halogens is 1. The van der Waals surface area contributed by atoms with Crippen LogP contribution in [0.5, 0.6) is 0 Å². The smallest absolute Gasteiger partial charge is 0.262 e. The van der Waals surface area contributed by atoms with Crippen molar-refractivity contribution in [2.24, 2.45) is 5.92 Å². The molecule has 2 aromatic rings. The molecule has 1 aliphatic rings. The maximum atomic E-state index is 12.9. The SMILES string of the molecule is CCn1cnc(S(=O)(=O)N2CCC[C@@H](C(=O)NCc3ccc(F)cc3)C2)c1. The number of hydrogen-bond acceptors (Lipinski definition) is 4. The van der Waals surface area contributed by atoms with Crippen LogP contribution in [0.15, 0.2) is 41.8 Å². The molecule has 0 spiro atoms. The lowest BCUT2D eigenvalue weighted by Gasteiger charge is -2.30. The summed E-state index contributed by atoms with van der Waals surface area (Å²) in [5, 5.41) is 2.82. The summed E-state index contributed by atoms with van der Waals surface area (Å²) in [5.41, 5.74) is 0.787. The molecule has 27 heavy (non-hydrogen) atoms. The summed E-state index contributed by atoms with van der Waals surface area (Å²) in [6, 6.07) is 5.90. The number of amides is 1. The Morgan fingerprint density at radius 2 is 2.07 bits per heavy atom. The van der Waals surface area contributed by atoms with Crippen molar-refractivity contribution in [3.8, 4) is 0 Å². The van der Waals surface area contributed by atoms with E-state index in [1.807, 2.05) is 6.92 Å². The van der Waals surface area contributed by atoms with Crippen molar-refractivity contribution >= 4 is 15.9 Å². The molecule has 0 aliphatic carbocycles. The van der Waals surface area contributed by atoms with Crippen LogP contribution in [0.1, 0.15) is 25.3 Å². The van der Waals surface area contributed by atoms with Gasteiger partial charge in [0, 0.05) is 32.4 Å². The number of hydrogen-bond donors (Lipinski definition) is 1. The molecule has 1 aliphatic heterocycles. The fourth-order valence-electron chi connectivity index (χ4n) is 3.09. The standard InChI is InChI=1S/C18H23FN4O3S/c1-2-22-12-17(21-13-22)27(25,26)23-9-3-4-15(11-23)18(24)20-10-14-5-7-16(19)8-6-14/h5-8,12-13,15H,2-4,9-11H2,1H3,(H,20,24)/t15-/m1/s1. The number of aromatic nitrogens is 2. The van der Waals surface area contributed by atoms with E-state index >= 15 is 0 Å². The summed E-state index contributed by atoms with van der Waals surface area (Å²) in [6.45, 7) is 3.33. The molecule has 9 heteroatoms. The Balaban J connectivity index is 1.62. The zero-order chi connectivity index (χ0) is 19.4. The van der Waals surface area contributed by atoms with Crippen LogP contribution in [-0.4, -0.2) is 41.3 Å². The first-order valence-electron chi connectivity index (χ1n) is 8.94. The zero-order valence-electron chi connectivity index (χ0n) is 15.1. The van der Waals surface area contributed by atoms with E-state index in [-0.39, 0.29) is 29.8 Å². The minimum atomic E-state index is -3.71. The van der Waals surface area contributed by atoms with E-state index in [0.29, 0.717) is 25.9 Å². The summed E-state index contributed by atoms with van der Waals surface area (Å²) < 4.78 is 41.5. The molecule has 0 unspecified atom stereocenters. The summed E-state index contributed by atoms with van der Waals surface area (Å²) in [4.78, 5) is 16.5. The van der Waals surface area contributed by atoms with E-state index in [1.54, 1.807) is 16.7 Å².